The molecule has 3 rings (SSSR count). The Morgan fingerprint density at radius 2 is 2.05 bits per heavy atom. The van der Waals surface area contributed by atoms with Gasteiger partial charge in [0.1, 0.15) is 4.88 Å². The number of benzene rings is 1. The summed E-state index contributed by atoms with van der Waals surface area (Å²) in [5.74, 6) is 0.0684. The molecule has 0 spiro atoms. The summed E-state index contributed by atoms with van der Waals surface area (Å²) in [6, 6.07) is 12.2. The number of nitrogen functional groups attached to an aromatic ring is 1. The first-order valence-electron chi connectivity index (χ1n) is 6.46. The van der Waals surface area contributed by atoms with E-state index in [0.29, 0.717) is 10.6 Å². The molecule has 4 heteroatoms. The van der Waals surface area contributed by atoms with Crippen LogP contribution in [0.1, 0.15) is 34.1 Å². The molecular weight excluding hydrogens is 256 g/mol. The predicted octanol–water partition coefficient (Wildman–Crippen LogP) is 3.31. The van der Waals surface area contributed by atoms with Crippen molar-refractivity contribution < 1.29 is 4.79 Å². The number of carbonyl (C=O) groups is 1. The van der Waals surface area contributed by atoms with E-state index < -0.39 is 0 Å². The summed E-state index contributed by atoms with van der Waals surface area (Å²) in [4.78, 5) is 15.2. The van der Waals surface area contributed by atoms with Crippen LogP contribution < -0.4 is 5.73 Å². The van der Waals surface area contributed by atoms with Gasteiger partial charge in [0, 0.05) is 6.54 Å². The molecule has 1 unspecified atom stereocenters. The highest BCUT2D eigenvalue weighted by molar-refractivity contribution is 7.12. The van der Waals surface area contributed by atoms with E-state index in [9.17, 15) is 4.79 Å². The first kappa shape index (κ1) is 12.2. The van der Waals surface area contributed by atoms with Crippen LogP contribution >= 0.6 is 11.3 Å². The van der Waals surface area contributed by atoms with Gasteiger partial charge in [0.15, 0.2) is 0 Å². The maximum absolute atomic E-state index is 12.6. The highest BCUT2D eigenvalue weighted by atomic mass is 32.1. The van der Waals surface area contributed by atoms with E-state index in [0.717, 1.165) is 19.4 Å². The van der Waals surface area contributed by atoms with Crippen LogP contribution in [0, 0.1) is 0 Å². The molecular formula is C15H16N2OS. The van der Waals surface area contributed by atoms with Crippen molar-refractivity contribution in [3.63, 3.8) is 0 Å². The standard InChI is InChI=1S/C15H16N2OS/c16-12-8-10-19-14(12)15(18)17-9-4-7-13(17)11-5-2-1-3-6-11/h1-3,5-6,8,10,13H,4,7,9,16H2. The van der Waals surface area contributed by atoms with Crippen LogP contribution in [-0.2, 0) is 0 Å². The van der Waals surface area contributed by atoms with Gasteiger partial charge in [-0.2, -0.15) is 0 Å². The molecule has 0 aliphatic carbocycles. The second-order valence-corrected chi connectivity index (χ2v) is 5.69. The van der Waals surface area contributed by atoms with Gasteiger partial charge in [-0.25, -0.2) is 0 Å². The van der Waals surface area contributed by atoms with E-state index >= 15 is 0 Å². The Morgan fingerprint density at radius 1 is 1.26 bits per heavy atom. The maximum atomic E-state index is 12.6. The lowest BCUT2D eigenvalue weighted by Crippen LogP contribution is -2.30. The van der Waals surface area contributed by atoms with E-state index in [1.807, 2.05) is 28.5 Å². The van der Waals surface area contributed by atoms with Gasteiger partial charge in [-0.05, 0) is 29.9 Å². The quantitative estimate of drug-likeness (QED) is 0.911. The largest absolute Gasteiger partial charge is 0.397 e. The van der Waals surface area contributed by atoms with Crippen LogP contribution in [0.3, 0.4) is 0 Å². The third-order valence-corrected chi connectivity index (χ3v) is 4.51. The highest BCUT2D eigenvalue weighted by Gasteiger charge is 2.31. The van der Waals surface area contributed by atoms with E-state index in [1.165, 1.54) is 16.9 Å². The lowest BCUT2D eigenvalue weighted by Gasteiger charge is -2.24. The lowest BCUT2D eigenvalue weighted by molar-refractivity contribution is 0.0741. The van der Waals surface area contributed by atoms with Gasteiger partial charge in [0.05, 0.1) is 11.7 Å². The zero-order chi connectivity index (χ0) is 13.2. The van der Waals surface area contributed by atoms with Crippen molar-refractivity contribution in [2.75, 3.05) is 12.3 Å². The summed E-state index contributed by atoms with van der Waals surface area (Å²) < 4.78 is 0. The molecule has 19 heavy (non-hydrogen) atoms. The fraction of sp³-hybridized carbons (Fsp3) is 0.267. The van der Waals surface area contributed by atoms with Gasteiger partial charge in [-0.15, -0.1) is 11.3 Å². The SMILES string of the molecule is Nc1ccsc1C(=O)N1CCCC1c1ccccc1. The molecule has 0 saturated carbocycles. The number of carbonyl (C=O) groups excluding carboxylic acids is 1. The number of hydrogen-bond donors (Lipinski definition) is 1. The van der Waals surface area contributed by atoms with Gasteiger partial charge in [-0.1, -0.05) is 30.3 Å². The number of thiophene rings is 1. The summed E-state index contributed by atoms with van der Waals surface area (Å²) >= 11 is 1.43. The number of rotatable bonds is 2. The Bertz CT molecular complexity index is 579. The number of nitrogens with two attached hydrogens (primary N) is 1. The zero-order valence-electron chi connectivity index (χ0n) is 10.6. The Kier molecular flexibility index (Phi) is 3.25. The number of likely N-dealkylation sites (tertiary alicyclic amines) is 1. The Morgan fingerprint density at radius 3 is 2.74 bits per heavy atom. The first-order chi connectivity index (χ1) is 9.27. The van der Waals surface area contributed by atoms with E-state index in [1.54, 1.807) is 6.07 Å². The third kappa shape index (κ3) is 2.24. The molecule has 1 aromatic heterocycles. The normalized spacial score (nSPS) is 18.7. The van der Waals surface area contributed by atoms with E-state index in [2.05, 4.69) is 12.1 Å². The van der Waals surface area contributed by atoms with Crippen molar-refractivity contribution in [3.8, 4) is 0 Å². The van der Waals surface area contributed by atoms with E-state index in [-0.39, 0.29) is 11.9 Å². The van der Waals surface area contributed by atoms with Gasteiger partial charge < -0.3 is 10.6 Å². The minimum absolute atomic E-state index is 0.0684. The first-order valence-corrected chi connectivity index (χ1v) is 7.34. The van der Waals surface area contributed by atoms with Crippen LogP contribution in [-0.4, -0.2) is 17.4 Å². The smallest absolute Gasteiger partial charge is 0.266 e. The van der Waals surface area contributed by atoms with Crippen LogP contribution in [0.2, 0.25) is 0 Å². The summed E-state index contributed by atoms with van der Waals surface area (Å²) in [5, 5.41) is 1.87. The van der Waals surface area contributed by atoms with Crippen molar-refractivity contribution >= 4 is 22.9 Å². The fourth-order valence-electron chi connectivity index (χ4n) is 2.65. The minimum atomic E-state index is 0.0684. The van der Waals surface area contributed by atoms with Gasteiger partial charge >= 0.3 is 0 Å². The van der Waals surface area contributed by atoms with E-state index in [4.69, 9.17) is 5.73 Å². The molecule has 3 nitrogen and oxygen atoms in total. The molecule has 1 aliphatic rings. The molecule has 1 saturated heterocycles. The number of amides is 1. The van der Waals surface area contributed by atoms with Gasteiger partial charge in [0.25, 0.3) is 5.91 Å². The molecule has 2 aromatic rings. The molecule has 2 N–H and O–H groups in total. The molecule has 1 amide bonds. The summed E-state index contributed by atoms with van der Waals surface area (Å²) in [5.41, 5.74) is 7.66. The van der Waals surface area contributed by atoms with Crippen molar-refractivity contribution in [3.05, 3.63) is 52.2 Å². The fourth-order valence-corrected chi connectivity index (χ4v) is 3.43. The number of anilines is 1. The monoisotopic (exact) mass is 272 g/mol. The Balaban J connectivity index is 1.88. The topological polar surface area (TPSA) is 46.3 Å². The van der Waals surface area contributed by atoms with Crippen LogP contribution in [0.4, 0.5) is 5.69 Å². The van der Waals surface area contributed by atoms with Crippen LogP contribution in [0.15, 0.2) is 41.8 Å². The van der Waals surface area contributed by atoms with Crippen LogP contribution in [0.5, 0.6) is 0 Å². The summed E-state index contributed by atoms with van der Waals surface area (Å²) in [7, 11) is 0. The van der Waals surface area contributed by atoms with Crippen molar-refractivity contribution in [2.45, 2.75) is 18.9 Å². The maximum Gasteiger partial charge on any atom is 0.266 e. The van der Waals surface area contributed by atoms with Gasteiger partial charge in [-0.3, -0.25) is 4.79 Å². The molecule has 0 radical (unpaired) electrons. The Labute approximate surface area is 116 Å². The lowest BCUT2D eigenvalue weighted by atomic mass is 10.0. The molecule has 1 atom stereocenters. The zero-order valence-corrected chi connectivity index (χ0v) is 11.4. The van der Waals surface area contributed by atoms with Crippen molar-refractivity contribution in [1.82, 2.24) is 4.90 Å². The number of nitrogens with zero attached hydrogens (tertiary/aromatic N) is 1. The average Bonchev–Trinajstić information content (AvgIpc) is 3.07. The highest BCUT2D eigenvalue weighted by Crippen LogP contribution is 2.34. The summed E-state index contributed by atoms with van der Waals surface area (Å²) in [6.07, 6.45) is 2.08. The second kappa shape index (κ2) is 5.05. The molecule has 1 aromatic carbocycles. The molecule has 0 bridgehead atoms. The van der Waals surface area contributed by atoms with Crippen molar-refractivity contribution in [1.29, 1.82) is 0 Å². The average molecular weight is 272 g/mol. The van der Waals surface area contributed by atoms with Gasteiger partial charge in [0.2, 0.25) is 0 Å². The van der Waals surface area contributed by atoms with Crippen molar-refractivity contribution in [2.24, 2.45) is 0 Å². The molecule has 98 valence electrons. The molecule has 1 aliphatic heterocycles. The Hall–Kier alpha value is -1.81. The number of hydrogen-bond acceptors (Lipinski definition) is 3. The summed E-state index contributed by atoms with van der Waals surface area (Å²) in [6.45, 7) is 0.815. The third-order valence-electron chi connectivity index (χ3n) is 3.59. The molecule has 1 fully saturated rings. The predicted molar refractivity (Wildman–Crippen MR) is 78.2 cm³/mol. The minimum Gasteiger partial charge on any atom is -0.397 e. The second-order valence-electron chi connectivity index (χ2n) is 4.77. The molecule has 2 heterocycles. The van der Waals surface area contributed by atoms with Crippen LogP contribution in [0.25, 0.3) is 0 Å².